The summed E-state index contributed by atoms with van der Waals surface area (Å²) in [6.07, 6.45) is -6.20. The van der Waals surface area contributed by atoms with Gasteiger partial charge in [-0.25, -0.2) is 5.43 Å². The highest BCUT2D eigenvalue weighted by molar-refractivity contribution is 5.96. The highest BCUT2D eigenvalue weighted by Crippen LogP contribution is 2.14. The van der Waals surface area contributed by atoms with E-state index in [9.17, 15) is 25.2 Å². The van der Waals surface area contributed by atoms with Gasteiger partial charge in [-0.3, -0.25) is 4.79 Å². The van der Waals surface area contributed by atoms with Crippen LogP contribution in [0, 0.1) is 0 Å². The van der Waals surface area contributed by atoms with Crippen molar-refractivity contribution in [2.75, 3.05) is 6.61 Å². The number of aromatic hydroxyl groups is 1. The molecule has 0 radical (unpaired) electrons. The van der Waals surface area contributed by atoms with Gasteiger partial charge in [0, 0.05) is 0 Å². The van der Waals surface area contributed by atoms with E-state index in [-0.39, 0.29) is 11.3 Å². The highest BCUT2D eigenvalue weighted by Gasteiger charge is 2.29. The molecule has 0 saturated heterocycles. The van der Waals surface area contributed by atoms with Crippen LogP contribution in [0.1, 0.15) is 10.4 Å². The Labute approximate surface area is 125 Å². The van der Waals surface area contributed by atoms with Gasteiger partial charge in [-0.05, 0) is 12.1 Å². The van der Waals surface area contributed by atoms with Crippen LogP contribution in [0.2, 0.25) is 0 Å². The summed E-state index contributed by atoms with van der Waals surface area (Å²) in [7, 11) is 0. The summed E-state index contributed by atoms with van der Waals surface area (Å²) in [4.78, 5) is 11.7. The minimum atomic E-state index is -1.81. The number of carbonyl (C=O) groups is 1. The maximum atomic E-state index is 11.7. The zero-order chi connectivity index (χ0) is 16.7. The minimum absolute atomic E-state index is 0.0366. The van der Waals surface area contributed by atoms with Crippen LogP contribution >= 0.6 is 0 Å². The first-order chi connectivity index (χ1) is 10.4. The van der Waals surface area contributed by atoms with Gasteiger partial charge in [0.2, 0.25) is 0 Å². The first kappa shape index (κ1) is 18.0. The van der Waals surface area contributed by atoms with E-state index in [1.165, 1.54) is 24.3 Å². The largest absolute Gasteiger partial charge is 0.507 e. The number of nitrogens with one attached hydrogen (secondary N) is 1. The van der Waals surface area contributed by atoms with E-state index < -0.39 is 36.9 Å². The molecule has 1 amide bonds. The third kappa shape index (κ3) is 4.76. The second-order valence-corrected chi connectivity index (χ2v) is 4.46. The van der Waals surface area contributed by atoms with Crippen LogP contribution in [0.5, 0.6) is 5.75 Å². The number of aliphatic hydroxyl groups is 5. The molecule has 0 spiro atoms. The summed E-state index contributed by atoms with van der Waals surface area (Å²) in [5.74, 6) is -0.996. The summed E-state index contributed by atoms with van der Waals surface area (Å²) in [6, 6.07) is 5.73. The van der Waals surface area contributed by atoms with E-state index in [1.54, 1.807) is 0 Å². The number of benzene rings is 1. The van der Waals surface area contributed by atoms with E-state index in [1.807, 2.05) is 5.43 Å². The van der Waals surface area contributed by atoms with Crippen LogP contribution in [-0.2, 0) is 0 Å². The maximum Gasteiger partial charge on any atom is 0.275 e. The Morgan fingerprint density at radius 1 is 1.18 bits per heavy atom. The molecule has 0 saturated carbocycles. The molecule has 1 rings (SSSR count). The Kier molecular flexibility index (Phi) is 6.89. The van der Waals surface area contributed by atoms with Crippen molar-refractivity contribution in [1.29, 1.82) is 0 Å². The standard InChI is InChI=1S/C13H18N2O7/c16-6-10(19)12(21)11(20)9(18)5-14-15-13(22)7-3-1-2-4-8(7)17/h1-5,9-12,16-21H,6H2,(H,15,22)/b14-5-/t9-,10+,11+,12+/m0/s1. The number of hydrogen-bond acceptors (Lipinski definition) is 8. The summed E-state index contributed by atoms with van der Waals surface area (Å²) in [6.45, 7) is -0.799. The lowest BCUT2D eigenvalue weighted by atomic mass is 10.0. The second-order valence-electron chi connectivity index (χ2n) is 4.46. The molecule has 1 aromatic rings. The number of hydrazone groups is 1. The molecule has 9 nitrogen and oxygen atoms in total. The smallest absolute Gasteiger partial charge is 0.275 e. The minimum Gasteiger partial charge on any atom is -0.507 e. The van der Waals surface area contributed by atoms with E-state index >= 15 is 0 Å². The van der Waals surface area contributed by atoms with Crippen molar-refractivity contribution < 1.29 is 35.4 Å². The third-order valence-corrected chi connectivity index (χ3v) is 2.82. The van der Waals surface area contributed by atoms with E-state index in [0.717, 1.165) is 6.21 Å². The lowest BCUT2D eigenvalue weighted by molar-refractivity contribution is -0.0999. The van der Waals surface area contributed by atoms with Crippen LogP contribution < -0.4 is 5.43 Å². The van der Waals surface area contributed by atoms with Gasteiger partial charge >= 0.3 is 0 Å². The summed E-state index contributed by atoms with van der Waals surface area (Å²) in [5.41, 5.74) is 1.98. The van der Waals surface area contributed by atoms with Gasteiger partial charge in [0.05, 0.1) is 18.4 Å². The van der Waals surface area contributed by atoms with E-state index in [0.29, 0.717) is 0 Å². The van der Waals surface area contributed by atoms with Crippen LogP contribution in [0.3, 0.4) is 0 Å². The predicted octanol–water partition coefficient (Wildman–Crippen LogP) is -2.46. The zero-order valence-corrected chi connectivity index (χ0v) is 11.4. The summed E-state index contributed by atoms with van der Waals surface area (Å²) in [5, 5.41) is 59.0. The Hall–Kier alpha value is -2.04. The number of rotatable bonds is 7. The molecule has 4 atom stereocenters. The van der Waals surface area contributed by atoms with E-state index in [2.05, 4.69) is 5.10 Å². The van der Waals surface area contributed by atoms with Crippen molar-refractivity contribution in [2.45, 2.75) is 24.4 Å². The molecule has 9 heteroatoms. The molecule has 122 valence electrons. The molecule has 22 heavy (non-hydrogen) atoms. The molecule has 1 aromatic carbocycles. The fraction of sp³-hybridized carbons (Fsp3) is 0.385. The van der Waals surface area contributed by atoms with Crippen molar-refractivity contribution in [2.24, 2.45) is 5.10 Å². The van der Waals surface area contributed by atoms with Crippen LogP contribution in [0.4, 0.5) is 0 Å². The van der Waals surface area contributed by atoms with Gasteiger partial charge < -0.3 is 30.6 Å². The number of phenols is 1. The number of para-hydroxylation sites is 1. The number of nitrogens with zero attached hydrogens (tertiary/aromatic N) is 1. The molecule has 0 aliphatic carbocycles. The molecule has 0 aliphatic rings. The first-order valence-corrected chi connectivity index (χ1v) is 6.33. The highest BCUT2D eigenvalue weighted by atomic mass is 16.4. The lowest BCUT2D eigenvalue weighted by Crippen LogP contribution is -2.46. The van der Waals surface area contributed by atoms with Crippen molar-refractivity contribution >= 4 is 12.1 Å². The van der Waals surface area contributed by atoms with Crippen molar-refractivity contribution in [3.8, 4) is 5.75 Å². The molecule has 0 heterocycles. The van der Waals surface area contributed by atoms with Crippen LogP contribution in [0.15, 0.2) is 29.4 Å². The van der Waals surface area contributed by atoms with Crippen molar-refractivity contribution in [1.82, 2.24) is 5.43 Å². The molecule has 0 aliphatic heterocycles. The average molecular weight is 314 g/mol. The Balaban J connectivity index is 2.58. The molecule has 0 aromatic heterocycles. The molecule has 0 fully saturated rings. The normalized spacial score (nSPS) is 17.0. The Bertz CT molecular complexity index is 523. The molecular weight excluding hydrogens is 296 g/mol. The number of hydrogen-bond donors (Lipinski definition) is 7. The van der Waals surface area contributed by atoms with Crippen LogP contribution in [0.25, 0.3) is 0 Å². The predicted molar refractivity (Wildman–Crippen MR) is 75.2 cm³/mol. The SMILES string of the molecule is O=C(N/N=C\[C@H](O)[C@@H](O)[C@H](O)[C@H](O)CO)c1ccccc1O. The maximum absolute atomic E-state index is 11.7. The van der Waals surface area contributed by atoms with Crippen LogP contribution in [-0.4, -0.2) is 73.8 Å². The van der Waals surface area contributed by atoms with Gasteiger partial charge in [-0.15, -0.1) is 0 Å². The van der Waals surface area contributed by atoms with Gasteiger partial charge in [-0.1, -0.05) is 12.1 Å². The second kappa shape index (κ2) is 8.41. The summed E-state index contributed by atoms with van der Waals surface area (Å²) < 4.78 is 0. The third-order valence-electron chi connectivity index (χ3n) is 2.82. The van der Waals surface area contributed by atoms with Gasteiger partial charge in [0.25, 0.3) is 5.91 Å². The number of phenolic OH excluding ortho intramolecular Hbond substituents is 1. The average Bonchev–Trinajstić information content (AvgIpc) is 2.52. The Morgan fingerprint density at radius 2 is 1.82 bits per heavy atom. The summed E-state index contributed by atoms with van der Waals surface area (Å²) >= 11 is 0. The fourth-order valence-electron chi connectivity index (χ4n) is 1.52. The fourth-order valence-corrected chi connectivity index (χ4v) is 1.52. The number of aliphatic hydroxyl groups excluding tert-OH is 5. The van der Waals surface area contributed by atoms with Gasteiger partial charge in [0.1, 0.15) is 30.2 Å². The molecule has 0 bridgehead atoms. The quantitative estimate of drug-likeness (QED) is 0.217. The number of amides is 1. The molecular formula is C13H18N2O7. The van der Waals surface area contributed by atoms with Crippen molar-refractivity contribution in [3.05, 3.63) is 29.8 Å². The molecule has 7 N–H and O–H groups in total. The topological polar surface area (TPSA) is 163 Å². The van der Waals surface area contributed by atoms with Gasteiger partial charge in [-0.2, -0.15) is 5.10 Å². The Morgan fingerprint density at radius 3 is 2.41 bits per heavy atom. The lowest BCUT2D eigenvalue weighted by Gasteiger charge is -2.23. The first-order valence-electron chi connectivity index (χ1n) is 6.33. The van der Waals surface area contributed by atoms with Gasteiger partial charge in [0.15, 0.2) is 0 Å². The van der Waals surface area contributed by atoms with E-state index in [4.69, 9.17) is 10.2 Å². The van der Waals surface area contributed by atoms with Crippen molar-refractivity contribution in [3.63, 3.8) is 0 Å². The zero-order valence-electron chi connectivity index (χ0n) is 11.4. The number of carbonyl (C=O) groups excluding carboxylic acids is 1. The monoisotopic (exact) mass is 314 g/mol. The molecule has 0 unspecified atom stereocenters.